The van der Waals surface area contributed by atoms with Crippen molar-refractivity contribution in [2.75, 3.05) is 6.54 Å². The smallest absolute Gasteiger partial charge is 0.164 e. The molecule has 0 amide bonds. The van der Waals surface area contributed by atoms with Gasteiger partial charge in [-0.2, -0.15) is 0 Å². The lowest BCUT2D eigenvalue weighted by Crippen LogP contribution is -2.00. The zero-order valence-electron chi connectivity index (χ0n) is 7.04. The molecule has 0 heterocycles. The summed E-state index contributed by atoms with van der Waals surface area (Å²) in [4.78, 5) is 2.42. The molecule has 0 fully saturated rings. The van der Waals surface area contributed by atoms with Crippen molar-refractivity contribution in [2.45, 2.75) is 6.42 Å². The molecule has 0 aromatic heterocycles. The number of benzene rings is 1. The van der Waals surface area contributed by atoms with Gasteiger partial charge in [-0.3, -0.25) is 0 Å². The first-order chi connectivity index (χ1) is 6.66. The Morgan fingerprint density at radius 1 is 1.21 bits per heavy atom. The van der Waals surface area contributed by atoms with Crippen LogP contribution >= 0.6 is 0 Å². The summed E-state index contributed by atoms with van der Waals surface area (Å²) in [6.45, 7) is -0.103. The van der Waals surface area contributed by atoms with E-state index < -0.39 is 23.0 Å². The zero-order valence-corrected chi connectivity index (χ0v) is 7.04. The second kappa shape index (κ2) is 4.53. The maximum atomic E-state index is 12.9. The Morgan fingerprint density at radius 3 is 2.50 bits per heavy atom. The average molecular weight is 201 g/mol. The summed E-state index contributed by atoms with van der Waals surface area (Å²) in [7, 11) is 0. The molecule has 0 spiro atoms. The molecular weight excluding hydrogens is 195 g/mol. The van der Waals surface area contributed by atoms with Crippen LogP contribution in [0.5, 0.6) is 0 Å². The molecule has 0 aliphatic carbocycles. The van der Waals surface area contributed by atoms with Gasteiger partial charge in [0, 0.05) is 17.0 Å². The normalized spacial score (nSPS) is 9.64. The summed E-state index contributed by atoms with van der Waals surface area (Å²) in [5.41, 5.74) is 7.54. The molecule has 1 rings (SSSR count). The van der Waals surface area contributed by atoms with Crippen LogP contribution in [0.2, 0.25) is 0 Å². The van der Waals surface area contributed by atoms with Crippen LogP contribution in [0.3, 0.4) is 0 Å². The van der Waals surface area contributed by atoms with Crippen molar-refractivity contribution in [1.29, 1.82) is 0 Å². The van der Waals surface area contributed by atoms with E-state index in [0.29, 0.717) is 6.07 Å². The van der Waals surface area contributed by atoms with Crippen LogP contribution in [-0.2, 0) is 6.42 Å². The van der Waals surface area contributed by atoms with Crippen molar-refractivity contribution in [3.05, 3.63) is 45.6 Å². The molecular formula is C8H6F3N3. The highest BCUT2D eigenvalue weighted by atomic mass is 19.2. The van der Waals surface area contributed by atoms with E-state index >= 15 is 0 Å². The fourth-order valence-corrected chi connectivity index (χ4v) is 1.00. The number of azide groups is 1. The molecule has 0 saturated heterocycles. The SMILES string of the molecule is [N-]=[N+]=NCCc1c(F)ccc(F)c1F. The fourth-order valence-electron chi connectivity index (χ4n) is 1.00. The van der Waals surface area contributed by atoms with Crippen molar-refractivity contribution in [3.63, 3.8) is 0 Å². The van der Waals surface area contributed by atoms with Gasteiger partial charge in [-0.15, -0.1) is 0 Å². The molecule has 0 saturated carbocycles. The molecule has 0 N–H and O–H groups in total. The second-order valence-corrected chi connectivity index (χ2v) is 2.53. The largest absolute Gasteiger partial charge is 0.207 e. The minimum atomic E-state index is -1.22. The van der Waals surface area contributed by atoms with Gasteiger partial charge in [-0.05, 0) is 24.1 Å². The summed E-state index contributed by atoms with van der Waals surface area (Å²) in [6.07, 6.45) is -0.153. The van der Waals surface area contributed by atoms with Gasteiger partial charge in [0.05, 0.1) is 0 Å². The lowest BCUT2D eigenvalue weighted by molar-refractivity contribution is 0.479. The van der Waals surface area contributed by atoms with Crippen LogP contribution in [-0.4, -0.2) is 6.54 Å². The molecule has 14 heavy (non-hydrogen) atoms. The van der Waals surface area contributed by atoms with E-state index in [1.165, 1.54) is 0 Å². The van der Waals surface area contributed by atoms with Crippen LogP contribution in [0, 0.1) is 17.5 Å². The van der Waals surface area contributed by atoms with Gasteiger partial charge < -0.3 is 0 Å². The van der Waals surface area contributed by atoms with Crippen molar-refractivity contribution in [2.24, 2.45) is 5.11 Å². The van der Waals surface area contributed by atoms with Crippen LogP contribution in [0.4, 0.5) is 13.2 Å². The topological polar surface area (TPSA) is 48.8 Å². The van der Waals surface area contributed by atoms with Crippen LogP contribution in [0.25, 0.3) is 10.4 Å². The second-order valence-electron chi connectivity index (χ2n) is 2.53. The van der Waals surface area contributed by atoms with Gasteiger partial charge in [0.2, 0.25) is 0 Å². The summed E-state index contributed by atoms with van der Waals surface area (Å²) >= 11 is 0. The molecule has 74 valence electrons. The minimum absolute atomic E-state index is 0.103. The highest BCUT2D eigenvalue weighted by Crippen LogP contribution is 2.16. The zero-order chi connectivity index (χ0) is 10.6. The van der Waals surface area contributed by atoms with E-state index in [1.807, 2.05) is 0 Å². The van der Waals surface area contributed by atoms with E-state index in [2.05, 4.69) is 10.0 Å². The third-order valence-corrected chi connectivity index (χ3v) is 1.66. The molecule has 0 aliphatic heterocycles. The molecule has 6 heteroatoms. The van der Waals surface area contributed by atoms with E-state index in [-0.39, 0.29) is 13.0 Å². The van der Waals surface area contributed by atoms with Crippen LogP contribution < -0.4 is 0 Å². The Kier molecular flexibility index (Phi) is 3.36. The lowest BCUT2D eigenvalue weighted by Gasteiger charge is -2.02. The fraction of sp³-hybridized carbons (Fsp3) is 0.250. The van der Waals surface area contributed by atoms with Crippen molar-refractivity contribution in [3.8, 4) is 0 Å². The average Bonchev–Trinajstić information content (AvgIpc) is 2.18. The van der Waals surface area contributed by atoms with Gasteiger partial charge >= 0.3 is 0 Å². The molecule has 0 unspecified atom stereocenters. The summed E-state index contributed by atoms with van der Waals surface area (Å²) in [5, 5.41) is 3.10. The van der Waals surface area contributed by atoms with Crippen molar-refractivity contribution in [1.82, 2.24) is 0 Å². The molecule has 1 aromatic rings. The van der Waals surface area contributed by atoms with Gasteiger partial charge in [0.25, 0.3) is 0 Å². The number of hydrogen-bond acceptors (Lipinski definition) is 1. The minimum Gasteiger partial charge on any atom is -0.207 e. The summed E-state index contributed by atoms with van der Waals surface area (Å²) in [5.74, 6) is -3.17. The Hall–Kier alpha value is -1.68. The van der Waals surface area contributed by atoms with E-state index in [0.717, 1.165) is 6.07 Å². The Balaban J connectivity index is 2.94. The summed E-state index contributed by atoms with van der Waals surface area (Å²) in [6, 6.07) is 1.55. The Labute approximate surface area is 77.8 Å². The third-order valence-electron chi connectivity index (χ3n) is 1.66. The van der Waals surface area contributed by atoms with Gasteiger partial charge in [0.1, 0.15) is 5.82 Å². The third kappa shape index (κ3) is 2.17. The summed E-state index contributed by atoms with van der Waals surface area (Å²) < 4.78 is 38.5. The van der Waals surface area contributed by atoms with Crippen molar-refractivity contribution < 1.29 is 13.2 Å². The standard InChI is InChI=1S/C8H6F3N3/c9-6-1-2-7(10)8(11)5(6)3-4-13-14-12/h1-2H,3-4H2. The molecule has 3 nitrogen and oxygen atoms in total. The van der Waals surface area contributed by atoms with Gasteiger partial charge in [-0.1, -0.05) is 5.11 Å². The van der Waals surface area contributed by atoms with E-state index in [1.54, 1.807) is 0 Å². The lowest BCUT2D eigenvalue weighted by atomic mass is 10.1. The van der Waals surface area contributed by atoms with Gasteiger partial charge in [-0.25, -0.2) is 13.2 Å². The van der Waals surface area contributed by atoms with Gasteiger partial charge in [0.15, 0.2) is 11.6 Å². The molecule has 0 aliphatic rings. The quantitative estimate of drug-likeness (QED) is 0.312. The van der Waals surface area contributed by atoms with E-state index in [9.17, 15) is 13.2 Å². The molecule has 0 bridgehead atoms. The molecule has 1 aromatic carbocycles. The first-order valence-corrected chi connectivity index (χ1v) is 3.80. The molecule has 0 radical (unpaired) electrons. The van der Waals surface area contributed by atoms with E-state index in [4.69, 9.17) is 5.53 Å². The first-order valence-electron chi connectivity index (χ1n) is 3.80. The number of halogens is 3. The Morgan fingerprint density at radius 2 is 1.86 bits per heavy atom. The molecule has 0 atom stereocenters. The predicted octanol–water partition coefficient (Wildman–Crippen LogP) is 2.96. The number of nitrogens with zero attached hydrogens (tertiary/aromatic N) is 3. The predicted molar refractivity (Wildman–Crippen MR) is 44.0 cm³/mol. The number of rotatable bonds is 3. The monoisotopic (exact) mass is 201 g/mol. The Bertz CT molecular complexity index is 386. The highest BCUT2D eigenvalue weighted by molar-refractivity contribution is 5.21. The number of hydrogen-bond donors (Lipinski definition) is 0. The first kappa shape index (κ1) is 10.4. The maximum Gasteiger partial charge on any atom is 0.164 e. The maximum absolute atomic E-state index is 12.9. The van der Waals surface area contributed by atoms with Crippen molar-refractivity contribution >= 4 is 0 Å². The van der Waals surface area contributed by atoms with Crippen LogP contribution in [0.1, 0.15) is 5.56 Å². The highest BCUT2D eigenvalue weighted by Gasteiger charge is 2.12. The van der Waals surface area contributed by atoms with Crippen LogP contribution in [0.15, 0.2) is 17.2 Å².